The summed E-state index contributed by atoms with van der Waals surface area (Å²) >= 11 is 5.96. The van der Waals surface area contributed by atoms with E-state index in [0.29, 0.717) is 10.8 Å². The van der Waals surface area contributed by atoms with Crippen LogP contribution < -0.4 is 10.1 Å². The first-order valence-corrected chi connectivity index (χ1v) is 7.00. The molecule has 1 aromatic carbocycles. The quantitative estimate of drug-likeness (QED) is 0.923. The zero-order valence-corrected chi connectivity index (χ0v) is 12.7. The Balaban J connectivity index is 2.04. The second-order valence-electron chi connectivity index (χ2n) is 4.68. The Labute approximate surface area is 129 Å². The lowest BCUT2D eigenvalue weighted by atomic mass is 10.1. The van der Waals surface area contributed by atoms with Crippen molar-refractivity contribution in [2.75, 3.05) is 7.11 Å². The molecule has 4 nitrogen and oxygen atoms in total. The van der Waals surface area contributed by atoms with Crippen LogP contribution in [0.1, 0.15) is 24.2 Å². The molecule has 110 valence electrons. The molecular formula is C16H17ClN2O2. The van der Waals surface area contributed by atoms with Gasteiger partial charge >= 0.3 is 0 Å². The summed E-state index contributed by atoms with van der Waals surface area (Å²) in [5, 5.41) is 3.50. The maximum Gasteiger partial charge on any atom is 0.225 e. The minimum atomic E-state index is -0.149. The standard InChI is InChI=1S/C16H17ClN2O2/c1-11(14-5-3-4-8-18-14)19-16(20)10-12-9-13(17)6-7-15(12)21-2/h3-9,11H,10H2,1-2H3,(H,19,20). The fourth-order valence-corrected chi connectivity index (χ4v) is 2.25. The third kappa shape index (κ3) is 4.20. The Bertz CT molecular complexity index is 617. The molecule has 1 heterocycles. The van der Waals surface area contributed by atoms with Crippen LogP contribution in [0.15, 0.2) is 42.6 Å². The fraction of sp³-hybridized carbons (Fsp3) is 0.250. The Hall–Kier alpha value is -2.07. The van der Waals surface area contributed by atoms with Crippen molar-refractivity contribution in [2.24, 2.45) is 0 Å². The molecule has 0 spiro atoms. The van der Waals surface area contributed by atoms with Crippen LogP contribution in [-0.2, 0) is 11.2 Å². The van der Waals surface area contributed by atoms with Gasteiger partial charge in [-0.05, 0) is 37.3 Å². The molecule has 2 aromatic rings. The monoisotopic (exact) mass is 304 g/mol. The maximum atomic E-state index is 12.1. The third-order valence-electron chi connectivity index (χ3n) is 3.10. The van der Waals surface area contributed by atoms with Crippen LogP contribution in [0.25, 0.3) is 0 Å². The lowest BCUT2D eigenvalue weighted by Gasteiger charge is -2.14. The van der Waals surface area contributed by atoms with Crippen molar-refractivity contribution in [1.29, 1.82) is 0 Å². The van der Waals surface area contributed by atoms with E-state index in [9.17, 15) is 4.79 Å². The Morgan fingerprint density at radius 3 is 2.86 bits per heavy atom. The van der Waals surface area contributed by atoms with Crippen LogP contribution in [-0.4, -0.2) is 18.0 Å². The molecule has 0 saturated carbocycles. The van der Waals surface area contributed by atoms with Gasteiger partial charge in [0.2, 0.25) is 5.91 Å². The molecule has 0 radical (unpaired) electrons. The largest absolute Gasteiger partial charge is 0.496 e. The second-order valence-corrected chi connectivity index (χ2v) is 5.11. The molecule has 0 saturated heterocycles. The van der Waals surface area contributed by atoms with E-state index in [4.69, 9.17) is 16.3 Å². The zero-order chi connectivity index (χ0) is 15.2. The Morgan fingerprint density at radius 2 is 2.19 bits per heavy atom. The fourth-order valence-electron chi connectivity index (χ4n) is 2.06. The van der Waals surface area contributed by atoms with E-state index in [2.05, 4.69) is 10.3 Å². The van der Waals surface area contributed by atoms with Crippen molar-refractivity contribution in [3.05, 3.63) is 58.9 Å². The van der Waals surface area contributed by atoms with Crippen LogP contribution in [0, 0.1) is 0 Å². The molecule has 0 fully saturated rings. The number of amides is 1. The summed E-state index contributed by atoms with van der Waals surface area (Å²) in [6.07, 6.45) is 1.92. The van der Waals surface area contributed by atoms with Crippen LogP contribution in [0.3, 0.4) is 0 Å². The minimum Gasteiger partial charge on any atom is -0.496 e. The molecule has 0 aliphatic carbocycles. The molecule has 1 atom stereocenters. The molecule has 1 aromatic heterocycles. The van der Waals surface area contributed by atoms with E-state index in [1.165, 1.54) is 0 Å². The van der Waals surface area contributed by atoms with E-state index in [0.717, 1.165) is 11.3 Å². The summed E-state index contributed by atoms with van der Waals surface area (Å²) < 4.78 is 5.24. The highest BCUT2D eigenvalue weighted by atomic mass is 35.5. The normalized spacial score (nSPS) is 11.8. The number of ether oxygens (including phenoxy) is 1. The van der Waals surface area contributed by atoms with E-state index >= 15 is 0 Å². The number of halogens is 1. The number of rotatable bonds is 5. The molecule has 21 heavy (non-hydrogen) atoms. The molecule has 0 aliphatic heterocycles. The lowest BCUT2D eigenvalue weighted by molar-refractivity contribution is -0.121. The van der Waals surface area contributed by atoms with Gasteiger partial charge in [-0.1, -0.05) is 17.7 Å². The van der Waals surface area contributed by atoms with E-state index in [1.807, 2.05) is 25.1 Å². The van der Waals surface area contributed by atoms with Gasteiger partial charge in [-0.15, -0.1) is 0 Å². The topological polar surface area (TPSA) is 51.2 Å². The first-order chi connectivity index (χ1) is 10.1. The van der Waals surface area contributed by atoms with Gasteiger partial charge in [-0.2, -0.15) is 0 Å². The number of carbonyl (C=O) groups is 1. The molecule has 0 bridgehead atoms. The van der Waals surface area contributed by atoms with Crippen LogP contribution >= 0.6 is 11.6 Å². The van der Waals surface area contributed by atoms with Crippen molar-refractivity contribution in [1.82, 2.24) is 10.3 Å². The molecule has 0 aliphatic rings. The van der Waals surface area contributed by atoms with Gasteiger partial charge in [0.15, 0.2) is 0 Å². The molecule has 1 unspecified atom stereocenters. The molecule has 1 amide bonds. The van der Waals surface area contributed by atoms with Crippen molar-refractivity contribution in [3.63, 3.8) is 0 Å². The number of carbonyl (C=O) groups excluding carboxylic acids is 1. The minimum absolute atomic E-state index is 0.103. The second kappa shape index (κ2) is 7.09. The molecule has 2 rings (SSSR count). The molecular weight excluding hydrogens is 288 g/mol. The van der Waals surface area contributed by atoms with Gasteiger partial charge in [-0.25, -0.2) is 0 Å². The summed E-state index contributed by atoms with van der Waals surface area (Å²) in [4.78, 5) is 16.4. The van der Waals surface area contributed by atoms with Crippen LogP contribution in [0.2, 0.25) is 5.02 Å². The average Bonchev–Trinajstić information content (AvgIpc) is 2.48. The average molecular weight is 305 g/mol. The smallest absolute Gasteiger partial charge is 0.225 e. The zero-order valence-electron chi connectivity index (χ0n) is 12.0. The SMILES string of the molecule is COc1ccc(Cl)cc1CC(=O)NC(C)c1ccccn1. The summed E-state index contributed by atoms with van der Waals surface area (Å²) in [5.41, 5.74) is 1.58. The maximum absolute atomic E-state index is 12.1. The molecule has 5 heteroatoms. The molecule has 1 N–H and O–H groups in total. The highest BCUT2D eigenvalue weighted by molar-refractivity contribution is 6.30. The number of hydrogen-bond donors (Lipinski definition) is 1. The number of methoxy groups -OCH3 is 1. The number of hydrogen-bond acceptors (Lipinski definition) is 3. The predicted octanol–water partition coefficient (Wildman–Crippen LogP) is 3.16. The van der Waals surface area contributed by atoms with Crippen LogP contribution in [0.4, 0.5) is 0 Å². The first kappa shape index (κ1) is 15.3. The lowest BCUT2D eigenvalue weighted by Crippen LogP contribution is -2.28. The number of nitrogens with zero attached hydrogens (tertiary/aromatic N) is 1. The van der Waals surface area contributed by atoms with E-state index in [-0.39, 0.29) is 18.4 Å². The van der Waals surface area contributed by atoms with E-state index < -0.39 is 0 Å². The Kier molecular flexibility index (Phi) is 5.17. The highest BCUT2D eigenvalue weighted by Crippen LogP contribution is 2.23. The van der Waals surface area contributed by atoms with Gasteiger partial charge in [0, 0.05) is 16.8 Å². The van der Waals surface area contributed by atoms with E-state index in [1.54, 1.807) is 31.5 Å². The van der Waals surface area contributed by atoms with Gasteiger partial charge < -0.3 is 10.1 Å². The van der Waals surface area contributed by atoms with Crippen molar-refractivity contribution in [2.45, 2.75) is 19.4 Å². The Morgan fingerprint density at radius 1 is 1.38 bits per heavy atom. The van der Waals surface area contributed by atoms with Crippen molar-refractivity contribution < 1.29 is 9.53 Å². The van der Waals surface area contributed by atoms with Crippen molar-refractivity contribution in [3.8, 4) is 5.75 Å². The number of pyridine rings is 1. The highest BCUT2D eigenvalue weighted by Gasteiger charge is 2.13. The van der Waals surface area contributed by atoms with Crippen LogP contribution in [0.5, 0.6) is 5.75 Å². The number of nitrogens with one attached hydrogen (secondary N) is 1. The van der Waals surface area contributed by atoms with Gasteiger partial charge in [0.1, 0.15) is 5.75 Å². The summed E-state index contributed by atoms with van der Waals surface area (Å²) in [5.74, 6) is 0.550. The first-order valence-electron chi connectivity index (χ1n) is 6.63. The van der Waals surface area contributed by atoms with Gasteiger partial charge in [0.25, 0.3) is 0 Å². The summed E-state index contributed by atoms with van der Waals surface area (Å²) in [6.45, 7) is 1.90. The summed E-state index contributed by atoms with van der Waals surface area (Å²) in [7, 11) is 1.57. The number of aromatic nitrogens is 1. The predicted molar refractivity (Wildman–Crippen MR) is 82.5 cm³/mol. The van der Waals surface area contributed by atoms with Gasteiger partial charge in [-0.3, -0.25) is 9.78 Å². The van der Waals surface area contributed by atoms with Gasteiger partial charge in [0.05, 0.1) is 25.3 Å². The summed E-state index contributed by atoms with van der Waals surface area (Å²) in [6, 6.07) is 10.7. The van der Waals surface area contributed by atoms with Crippen molar-refractivity contribution >= 4 is 17.5 Å². The number of benzene rings is 1. The third-order valence-corrected chi connectivity index (χ3v) is 3.34.